The van der Waals surface area contributed by atoms with E-state index in [9.17, 15) is 28.5 Å². The van der Waals surface area contributed by atoms with Gasteiger partial charge in [0.25, 0.3) is 5.91 Å². The zero-order chi connectivity index (χ0) is 21.2. The first-order valence-corrected chi connectivity index (χ1v) is 10.4. The Bertz CT molecular complexity index is 975. The van der Waals surface area contributed by atoms with Crippen LogP contribution in [0.5, 0.6) is 23.0 Å². The summed E-state index contributed by atoms with van der Waals surface area (Å²) in [5.41, 5.74) is 0.0371. The number of nitrogens with one attached hydrogen (secondary N) is 1. The summed E-state index contributed by atoms with van der Waals surface area (Å²) >= 11 is 0. The number of likely N-dealkylation sites (tertiary alicyclic amines) is 1. The third-order valence-electron chi connectivity index (χ3n) is 4.79. The Morgan fingerprint density at radius 3 is 2.14 bits per heavy atom. The van der Waals surface area contributed by atoms with Crippen LogP contribution in [-0.2, 0) is 10.0 Å². The number of hydrogen-bond acceptors (Lipinski definition) is 7. The maximum absolute atomic E-state index is 12.6. The van der Waals surface area contributed by atoms with Crippen LogP contribution in [0.2, 0.25) is 0 Å². The normalized spacial score (nSPS) is 15.3. The molecule has 1 aliphatic rings. The molecule has 0 bridgehead atoms. The van der Waals surface area contributed by atoms with Crippen LogP contribution < -0.4 is 9.46 Å². The van der Waals surface area contributed by atoms with E-state index < -0.39 is 33.2 Å². The fraction of sp³-hybridized carbons (Fsp3) is 0.316. The summed E-state index contributed by atoms with van der Waals surface area (Å²) in [6, 6.07) is 7.89. The molecule has 1 aliphatic heterocycles. The number of piperidine rings is 1. The van der Waals surface area contributed by atoms with Crippen LogP contribution in [0, 0.1) is 0 Å². The summed E-state index contributed by atoms with van der Waals surface area (Å²) in [5, 5.41) is 28.5. The number of ether oxygens (including phenoxy) is 1. The van der Waals surface area contributed by atoms with Gasteiger partial charge in [-0.2, -0.15) is 0 Å². The van der Waals surface area contributed by atoms with Crippen LogP contribution in [0.4, 0.5) is 0 Å². The molecule has 1 amide bonds. The highest BCUT2D eigenvalue weighted by atomic mass is 32.2. The number of aromatic hydroxyl groups is 3. The number of carbonyl (C=O) groups excluding carboxylic acids is 1. The van der Waals surface area contributed by atoms with Gasteiger partial charge in [0.1, 0.15) is 5.75 Å². The number of carbonyl (C=O) groups is 1. The summed E-state index contributed by atoms with van der Waals surface area (Å²) in [6.07, 6.45) is 0.828. The first-order chi connectivity index (χ1) is 13.7. The zero-order valence-corrected chi connectivity index (χ0v) is 16.5. The lowest BCUT2D eigenvalue weighted by atomic mass is 10.0. The number of hydrogen-bond donors (Lipinski definition) is 4. The first-order valence-electron chi connectivity index (χ1n) is 8.92. The summed E-state index contributed by atoms with van der Waals surface area (Å²) < 4.78 is 32.7. The lowest BCUT2D eigenvalue weighted by molar-refractivity contribution is 0.0710. The smallest absolute Gasteiger partial charge is 0.254 e. The van der Waals surface area contributed by atoms with Gasteiger partial charge in [-0.1, -0.05) is 0 Å². The molecule has 0 aromatic heterocycles. The minimum absolute atomic E-state index is 0.0371. The summed E-state index contributed by atoms with van der Waals surface area (Å²) in [6.45, 7) is 0.605. The Labute approximate surface area is 168 Å². The molecule has 9 nitrogen and oxygen atoms in total. The van der Waals surface area contributed by atoms with Crippen molar-refractivity contribution >= 4 is 15.9 Å². The van der Waals surface area contributed by atoms with Crippen LogP contribution in [-0.4, -0.2) is 60.8 Å². The van der Waals surface area contributed by atoms with Crippen molar-refractivity contribution in [3.8, 4) is 23.0 Å². The van der Waals surface area contributed by atoms with Crippen LogP contribution in [0.25, 0.3) is 0 Å². The third kappa shape index (κ3) is 4.54. The predicted molar refractivity (Wildman–Crippen MR) is 104 cm³/mol. The topological polar surface area (TPSA) is 136 Å². The number of phenolic OH excluding ortho intramolecular Hbond substituents is 3. The van der Waals surface area contributed by atoms with Crippen molar-refractivity contribution in [1.82, 2.24) is 9.62 Å². The van der Waals surface area contributed by atoms with E-state index in [4.69, 9.17) is 4.74 Å². The summed E-state index contributed by atoms with van der Waals surface area (Å²) in [5.74, 6) is -1.73. The van der Waals surface area contributed by atoms with Gasteiger partial charge in [0.05, 0.1) is 12.0 Å². The molecule has 1 saturated heterocycles. The van der Waals surface area contributed by atoms with E-state index in [2.05, 4.69) is 4.72 Å². The number of phenols is 3. The molecule has 2 aromatic carbocycles. The van der Waals surface area contributed by atoms with Crippen molar-refractivity contribution in [1.29, 1.82) is 0 Å². The Morgan fingerprint density at radius 1 is 1.07 bits per heavy atom. The van der Waals surface area contributed by atoms with Crippen molar-refractivity contribution in [2.75, 3.05) is 20.2 Å². The van der Waals surface area contributed by atoms with E-state index in [1.54, 1.807) is 12.1 Å². The number of sulfonamides is 1. The molecule has 10 heteroatoms. The lowest BCUT2D eigenvalue weighted by Gasteiger charge is -2.32. The van der Waals surface area contributed by atoms with E-state index in [1.807, 2.05) is 0 Å². The van der Waals surface area contributed by atoms with E-state index in [0.29, 0.717) is 31.7 Å². The van der Waals surface area contributed by atoms with Crippen molar-refractivity contribution in [3.05, 3.63) is 42.0 Å². The van der Waals surface area contributed by atoms with Gasteiger partial charge in [-0.3, -0.25) is 4.79 Å². The standard InChI is InChI=1S/C19H22N2O7S/c1-28-14-2-4-15(5-3-14)29(26,27)20-13-6-8-21(9-7-13)19(25)12-10-16(22)18(24)17(23)11-12/h2-5,10-11,13,20,22-24H,6-9H2,1H3. The first kappa shape index (κ1) is 20.7. The molecule has 156 valence electrons. The second-order valence-electron chi connectivity index (χ2n) is 6.73. The van der Waals surface area contributed by atoms with E-state index in [1.165, 1.54) is 24.1 Å². The molecule has 3 rings (SSSR count). The molecule has 0 spiro atoms. The second kappa shape index (κ2) is 8.18. The molecule has 0 radical (unpaired) electrons. The SMILES string of the molecule is COc1ccc(S(=O)(=O)NC2CCN(C(=O)c3cc(O)c(O)c(O)c3)CC2)cc1. The van der Waals surface area contributed by atoms with Gasteiger partial charge in [0, 0.05) is 24.7 Å². The summed E-state index contributed by atoms with van der Waals surface area (Å²) in [7, 11) is -2.20. The quantitative estimate of drug-likeness (QED) is 0.535. The molecule has 4 N–H and O–H groups in total. The highest BCUT2D eigenvalue weighted by Gasteiger charge is 2.28. The molecular weight excluding hydrogens is 400 g/mol. The van der Waals surface area contributed by atoms with Crippen LogP contribution in [0.3, 0.4) is 0 Å². The molecule has 0 atom stereocenters. The molecule has 2 aromatic rings. The van der Waals surface area contributed by atoms with Gasteiger partial charge >= 0.3 is 0 Å². The Morgan fingerprint density at radius 2 is 1.62 bits per heavy atom. The van der Waals surface area contributed by atoms with Crippen molar-refractivity contribution in [3.63, 3.8) is 0 Å². The van der Waals surface area contributed by atoms with E-state index >= 15 is 0 Å². The maximum atomic E-state index is 12.6. The van der Waals surface area contributed by atoms with Gasteiger partial charge in [0.2, 0.25) is 10.0 Å². The summed E-state index contributed by atoms with van der Waals surface area (Å²) in [4.78, 5) is 14.2. The van der Waals surface area contributed by atoms with Gasteiger partial charge in [-0.25, -0.2) is 13.1 Å². The van der Waals surface area contributed by atoms with Gasteiger partial charge in [-0.15, -0.1) is 0 Å². The van der Waals surface area contributed by atoms with Gasteiger partial charge < -0.3 is 25.0 Å². The number of rotatable bonds is 5. The van der Waals surface area contributed by atoms with Crippen molar-refractivity contribution in [2.24, 2.45) is 0 Å². The largest absolute Gasteiger partial charge is 0.504 e. The molecule has 1 heterocycles. The molecule has 1 fully saturated rings. The van der Waals surface area contributed by atoms with E-state index in [0.717, 1.165) is 12.1 Å². The van der Waals surface area contributed by atoms with Crippen LogP contribution in [0.15, 0.2) is 41.3 Å². The number of benzene rings is 2. The number of nitrogens with zero attached hydrogens (tertiary/aromatic N) is 1. The average molecular weight is 422 g/mol. The molecule has 0 unspecified atom stereocenters. The third-order valence-corrected chi connectivity index (χ3v) is 6.33. The fourth-order valence-corrected chi connectivity index (χ4v) is 4.46. The minimum Gasteiger partial charge on any atom is -0.504 e. The van der Waals surface area contributed by atoms with Crippen LogP contribution in [0.1, 0.15) is 23.2 Å². The predicted octanol–water partition coefficient (Wildman–Crippen LogP) is 1.40. The Balaban J connectivity index is 1.62. The molecule has 29 heavy (non-hydrogen) atoms. The zero-order valence-electron chi connectivity index (χ0n) is 15.7. The maximum Gasteiger partial charge on any atom is 0.254 e. The molecule has 0 aliphatic carbocycles. The van der Waals surface area contributed by atoms with Crippen molar-refractivity contribution in [2.45, 2.75) is 23.8 Å². The minimum atomic E-state index is -3.69. The van der Waals surface area contributed by atoms with Crippen LogP contribution >= 0.6 is 0 Å². The highest BCUT2D eigenvalue weighted by Crippen LogP contribution is 2.35. The number of amides is 1. The lowest BCUT2D eigenvalue weighted by Crippen LogP contribution is -2.46. The van der Waals surface area contributed by atoms with Crippen molar-refractivity contribution < 1.29 is 33.3 Å². The Kier molecular flexibility index (Phi) is 5.85. The highest BCUT2D eigenvalue weighted by molar-refractivity contribution is 7.89. The second-order valence-corrected chi connectivity index (χ2v) is 8.44. The fourth-order valence-electron chi connectivity index (χ4n) is 3.15. The van der Waals surface area contributed by atoms with Gasteiger partial charge in [-0.05, 0) is 49.2 Å². The Hall–Kier alpha value is -2.98. The monoisotopic (exact) mass is 422 g/mol. The molecule has 0 saturated carbocycles. The molecular formula is C19H22N2O7S. The number of methoxy groups -OCH3 is 1. The average Bonchev–Trinajstić information content (AvgIpc) is 2.71. The van der Waals surface area contributed by atoms with E-state index in [-0.39, 0.29) is 16.5 Å². The van der Waals surface area contributed by atoms with Gasteiger partial charge in [0.15, 0.2) is 17.2 Å².